The second kappa shape index (κ2) is 5.32. The van der Waals surface area contributed by atoms with Crippen LogP contribution in [0.4, 0.5) is 0 Å². The molecular formula is C12H17ClN2O. The number of nitrogens with one attached hydrogen (secondary N) is 1. The van der Waals surface area contributed by atoms with E-state index in [1.165, 1.54) is 5.56 Å². The Morgan fingerprint density at radius 2 is 1.94 bits per heavy atom. The van der Waals surface area contributed by atoms with Gasteiger partial charge in [0.25, 0.3) is 0 Å². The van der Waals surface area contributed by atoms with Crippen molar-refractivity contribution in [3.63, 3.8) is 0 Å². The smallest absolute Gasteiger partial charge is 0.231 e. The standard InChI is InChI=1S/C12H17ClN2O/c1-12(2,8-15-7-11(14)16)9-3-5-10(13)6-4-9/h3-6,15H,7-8H2,1-2H3,(H2,14,16). The average Bonchev–Trinajstić information content (AvgIpc) is 2.17. The quantitative estimate of drug-likeness (QED) is 0.823. The second-order valence-corrected chi connectivity index (χ2v) is 4.90. The molecule has 0 aliphatic heterocycles. The summed E-state index contributed by atoms with van der Waals surface area (Å²) in [5, 5.41) is 3.76. The van der Waals surface area contributed by atoms with Crippen LogP contribution in [0.25, 0.3) is 0 Å². The Bertz CT molecular complexity index is 360. The minimum atomic E-state index is -0.341. The molecule has 0 spiro atoms. The third-order valence-corrected chi connectivity index (χ3v) is 2.74. The van der Waals surface area contributed by atoms with Gasteiger partial charge in [0, 0.05) is 17.0 Å². The summed E-state index contributed by atoms with van der Waals surface area (Å²) < 4.78 is 0. The van der Waals surface area contributed by atoms with E-state index in [1.807, 2.05) is 24.3 Å². The fourth-order valence-corrected chi connectivity index (χ4v) is 1.63. The highest BCUT2D eigenvalue weighted by Gasteiger charge is 2.19. The van der Waals surface area contributed by atoms with Gasteiger partial charge in [0.1, 0.15) is 0 Å². The summed E-state index contributed by atoms with van der Waals surface area (Å²) in [6, 6.07) is 7.72. The van der Waals surface area contributed by atoms with E-state index in [2.05, 4.69) is 19.2 Å². The monoisotopic (exact) mass is 240 g/mol. The van der Waals surface area contributed by atoms with Crippen molar-refractivity contribution in [1.82, 2.24) is 5.32 Å². The topological polar surface area (TPSA) is 55.1 Å². The molecule has 0 unspecified atom stereocenters. The summed E-state index contributed by atoms with van der Waals surface area (Å²) in [5.41, 5.74) is 6.18. The van der Waals surface area contributed by atoms with Gasteiger partial charge in [-0.15, -0.1) is 0 Å². The van der Waals surface area contributed by atoms with Crippen molar-refractivity contribution in [2.24, 2.45) is 5.73 Å². The van der Waals surface area contributed by atoms with Gasteiger partial charge < -0.3 is 11.1 Å². The number of carbonyl (C=O) groups is 1. The summed E-state index contributed by atoms with van der Waals surface area (Å²) in [5.74, 6) is -0.341. The first-order chi connectivity index (χ1) is 7.42. The SMILES string of the molecule is CC(C)(CNCC(N)=O)c1ccc(Cl)cc1. The third-order valence-electron chi connectivity index (χ3n) is 2.49. The van der Waals surface area contributed by atoms with Crippen molar-refractivity contribution in [2.45, 2.75) is 19.3 Å². The van der Waals surface area contributed by atoms with E-state index in [9.17, 15) is 4.79 Å². The molecule has 0 saturated carbocycles. The van der Waals surface area contributed by atoms with Crippen LogP contribution in [0.15, 0.2) is 24.3 Å². The maximum atomic E-state index is 10.6. The molecule has 0 aromatic heterocycles. The molecule has 0 aliphatic rings. The fraction of sp³-hybridized carbons (Fsp3) is 0.417. The number of primary amides is 1. The van der Waals surface area contributed by atoms with Gasteiger partial charge in [-0.25, -0.2) is 0 Å². The fourth-order valence-electron chi connectivity index (χ4n) is 1.50. The zero-order chi connectivity index (χ0) is 12.2. The largest absolute Gasteiger partial charge is 0.369 e. The minimum Gasteiger partial charge on any atom is -0.369 e. The highest BCUT2D eigenvalue weighted by atomic mass is 35.5. The molecule has 4 heteroatoms. The van der Waals surface area contributed by atoms with Crippen molar-refractivity contribution in [3.05, 3.63) is 34.9 Å². The molecule has 0 fully saturated rings. The summed E-state index contributed by atoms with van der Waals surface area (Å²) in [4.78, 5) is 10.6. The lowest BCUT2D eigenvalue weighted by molar-refractivity contribution is -0.117. The van der Waals surface area contributed by atoms with Crippen molar-refractivity contribution in [3.8, 4) is 0 Å². The van der Waals surface area contributed by atoms with Gasteiger partial charge in [-0.1, -0.05) is 37.6 Å². The van der Waals surface area contributed by atoms with E-state index in [-0.39, 0.29) is 17.9 Å². The van der Waals surface area contributed by atoms with Gasteiger partial charge in [0.2, 0.25) is 5.91 Å². The highest BCUT2D eigenvalue weighted by molar-refractivity contribution is 6.30. The number of nitrogens with two attached hydrogens (primary N) is 1. The van der Waals surface area contributed by atoms with Crippen LogP contribution in [-0.4, -0.2) is 19.0 Å². The molecule has 1 rings (SSSR count). The van der Waals surface area contributed by atoms with Crippen LogP contribution in [-0.2, 0) is 10.2 Å². The van der Waals surface area contributed by atoms with E-state index in [1.54, 1.807) is 0 Å². The summed E-state index contributed by atoms with van der Waals surface area (Å²) in [7, 11) is 0. The van der Waals surface area contributed by atoms with E-state index in [0.717, 1.165) is 5.02 Å². The number of hydrogen-bond acceptors (Lipinski definition) is 2. The van der Waals surface area contributed by atoms with Crippen LogP contribution in [0, 0.1) is 0 Å². The van der Waals surface area contributed by atoms with Gasteiger partial charge in [-0.05, 0) is 17.7 Å². The van der Waals surface area contributed by atoms with Gasteiger partial charge in [0.05, 0.1) is 6.54 Å². The Morgan fingerprint density at radius 3 is 2.44 bits per heavy atom. The molecular weight excluding hydrogens is 224 g/mol. The Kier molecular flexibility index (Phi) is 4.33. The van der Waals surface area contributed by atoms with Gasteiger partial charge in [-0.3, -0.25) is 4.79 Å². The first-order valence-electron chi connectivity index (χ1n) is 5.17. The molecule has 0 atom stereocenters. The molecule has 1 aromatic carbocycles. The molecule has 1 amide bonds. The Morgan fingerprint density at radius 1 is 1.38 bits per heavy atom. The number of rotatable bonds is 5. The molecule has 0 radical (unpaired) electrons. The van der Waals surface area contributed by atoms with Crippen molar-refractivity contribution in [2.75, 3.05) is 13.1 Å². The summed E-state index contributed by atoms with van der Waals surface area (Å²) in [6.45, 7) is 5.10. The van der Waals surface area contributed by atoms with Crippen LogP contribution in [0.5, 0.6) is 0 Å². The zero-order valence-corrected chi connectivity index (χ0v) is 10.3. The lowest BCUT2D eigenvalue weighted by Gasteiger charge is -2.25. The predicted octanol–water partition coefficient (Wildman–Crippen LogP) is 1.69. The van der Waals surface area contributed by atoms with Crippen LogP contribution in [0.1, 0.15) is 19.4 Å². The molecule has 1 aromatic rings. The van der Waals surface area contributed by atoms with Crippen LogP contribution in [0.2, 0.25) is 5.02 Å². The number of amides is 1. The Labute approximate surface area is 101 Å². The zero-order valence-electron chi connectivity index (χ0n) is 9.59. The molecule has 0 aliphatic carbocycles. The molecule has 88 valence electrons. The first kappa shape index (κ1) is 13.0. The highest BCUT2D eigenvalue weighted by Crippen LogP contribution is 2.23. The van der Waals surface area contributed by atoms with Gasteiger partial charge in [-0.2, -0.15) is 0 Å². The Hall–Kier alpha value is -1.06. The first-order valence-corrected chi connectivity index (χ1v) is 5.55. The number of halogens is 1. The van der Waals surface area contributed by atoms with E-state index in [4.69, 9.17) is 17.3 Å². The molecule has 0 bridgehead atoms. The lowest BCUT2D eigenvalue weighted by Crippen LogP contribution is -2.37. The lowest BCUT2D eigenvalue weighted by atomic mass is 9.84. The van der Waals surface area contributed by atoms with E-state index in [0.29, 0.717) is 6.54 Å². The molecule has 16 heavy (non-hydrogen) atoms. The number of hydrogen-bond donors (Lipinski definition) is 2. The van der Waals surface area contributed by atoms with Crippen molar-refractivity contribution < 1.29 is 4.79 Å². The molecule has 0 heterocycles. The summed E-state index contributed by atoms with van der Waals surface area (Å²) in [6.07, 6.45) is 0. The third kappa shape index (κ3) is 3.83. The maximum absolute atomic E-state index is 10.6. The number of benzene rings is 1. The molecule has 0 saturated heterocycles. The van der Waals surface area contributed by atoms with Crippen molar-refractivity contribution in [1.29, 1.82) is 0 Å². The van der Waals surface area contributed by atoms with Gasteiger partial charge >= 0.3 is 0 Å². The second-order valence-electron chi connectivity index (χ2n) is 4.46. The van der Waals surface area contributed by atoms with Crippen LogP contribution < -0.4 is 11.1 Å². The van der Waals surface area contributed by atoms with E-state index >= 15 is 0 Å². The Balaban J connectivity index is 2.62. The average molecular weight is 241 g/mol. The summed E-state index contributed by atoms with van der Waals surface area (Å²) >= 11 is 5.83. The van der Waals surface area contributed by atoms with Crippen LogP contribution >= 0.6 is 11.6 Å². The van der Waals surface area contributed by atoms with Crippen LogP contribution in [0.3, 0.4) is 0 Å². The molecule has 3 nitrogen and oxygen atoms in total. The normalized spacial score (nSPS) is 11.4. The number of carbonyl (C=O) groups excluding carboxylic acids is 1. The minimum absolute atomic E-state index is 0.0555. The van der Waals surface area contributed by atoms with Crippen molar-refractivity contribution >= 4 is 17.5 Å². The van der Waals surface area contributed by atoms with Gasteiger partial charge in [0.15, 0.2) is 0 Å². The van der Waals surface area contributed by atoms with E-state index < -0.39 is 0 Å². The maximum Gasteiger partial charge on any atom is 0.231 e. The predicted molar refractivity (Wildman–Crippen MR) is 66.5 cm³/mol. The molecule has 3 N–H and O–H groups in total.